The number of aliphatic hydroxyl groups is 1. The average Bonchev–Trinajstić information content (AvgIpc) is 2.42. The van der Waals surface area contributed by atoms with Gasteiger partial charge in [-0.3, -0.25) is 4.79 Å². The smallest absolute Gasteiger partial charge is 0.408 e. The molecule has 0 aromatic heterocycles. The van der Waals surface area contributed by atoms with E-state index in [0.717, 1.165) is 0 Å². The van der Waals surface area contributed by atoms with Gasteiger partial charge in [-0.25, -0.2) is 4.79 Å². The van der Waals surface area contributed by atoms with Crippen LogP contribution in [0.15, 0.2) is 0 Å². The second kappa shape index (κ2) is 4.91. The fourth-order valence-corrected chi connectivity index (χ4v) is 1.60. The zero-order valence-electron chi connectivity index (χ0n) is 10.5. The predicted octanol–water partition coefficient (Wildman–Crippen LogP) is 0.576. The summed E-state index contributed by atoms with van der Waals surface area (Å²) in [6.45, 7) is 6.74. The van der Waals surface area contributed by atoms with E-state index in [-0.39, 0.29) is 6.42 Å². The summed E-state index contributed by atoms with van der Waals surface area (Å²) in [5.74, 6) is -0.433. The lowest BCUT2D eigenvalue weighted by atomic mass is 10.1. The number of alkyl carbamates (subject to hydrolysis) is 1. The summed E-state index contributed by atoms with van der Waals surface area (Å²) in [6, 6.07) is -0.544. The molecular weight excluding hydrogens is 226 g/mol. The van der Waals surface area contributed by atoms with E-state index in [1.165, 1.54) is 6.92 Å². The Kier molecular flexibility index (Phi) is 3.98. The van der Waals surface area contributed by atoms with Gasteiger partial charge in [-0.05, 0) is 27.7 Å². The van der Waals surface area contributed by atoms with Crippen LogP contribution in [0.5, 0.6) is 0 Å². The van der Waals surface area contributed by atoms with E-state index in [4.69, 9.17) is 9.47 Å². The van der Waals surface area contributed by atoms with Gasteiger partial charge in [0.05, 0.1) is 18.6 Å². The number of rotatable bonds is 2. The minimum atomic E-state index is -0.832. The molecular formula is C11H19NO5. The van der Waals surface area contributed by atoms with E-state index in [1.54, 1.807) is 20.8 Å². The third kappa shape index (κ3) is 4.22. The van der Waals surface area contributed by atoms with Crippen LogP contribution in [0.4, 0.5) is 4.79 Å². The van der Waals surface area contributed by atoms with Gasteiger partial charge in [-0.2, -0.15) is 0 Å². The number of carbonyl (C=O) groups excluding carboxylic acids is 2. The van der Waals surface area contributed by atoms with Crippen LogP contribution in [0.1, 0.15) is 34.1 Å². The largest absolute Gasteiger partial charge is 0.457 e. The molecule has 98 valence electrons. The molecule has 0 aromatic carbocycles. The average molecular weight is 245 g/mol. The van der Waals surface area contributed by atoms with Gasteiger partial charge < -0.3 is 19.9 Å². The molecule has 1 fully saturated rings. The molecule has 6 nitrogen and oxygen atoms in total. The highest BCUT2D eigenvalue weighted by Crippen LogP contribution is 2.19. The molecule has 1 aliphatic rings. The molecule has 0 aliphatic carbocycles. The number of carbonyl (C=O) groups is 2. The van der Waals surface area contributed by atoms with Crippen LogP contribution in [-0.2, 0) is 14.3 Å². The SMILES string of the molecule is CC(O)[C@H]1OC(=O)C[C@@H]1NC(=O)OC(C)(C)C. The second-order valence-electron chi connectivity index (χ2n) is 5.15. The number of esters is 1. The van der Waals surface area contributed by atoms with Gasteiger partial charge in [-0.1, -0.05) is 0 Å². The van der Waals surface area contributed by atoms with Crippen LogP contribution in [0, 0.1) is 0 Å². The molecule has 17 heavy (non-hydrogen) atoms. The van der Waals surface area contributed by atoms with Crippen molar-refractivity contribution in [1.82, 2.24) is 5.32 Å². The molecule has 2 N–H and O–H groups in total. The van der Waals surface area contributed by atoms with Crippen molar-refractivity contribution < 1.29 is 24.2 Å². The van der Waals surface area contributed by atoms with Gasteiger partial charge in [0, 0.05) is 0 Å². The fraction of sp³-hybridized carbons (Fsp3) is 0.818. The molecule has 1 aliphatic heterocycles. The zero-order chi connectivity index (χ0) is 13.2. The Morgan fingerprint density at radius 2 is 2.18 bits per heavy atom. The molecule has 1 heterocycles. The van der Waals surface area contributed by atoms with Crippen LogP contribution >= 0.6 is 0 Å². The van der Waals surface area contributed by atoms with E-state index in [1.807, 2.05) is 0 Å². The quantitative estimate of drug-likeness (QED) is 0.695. The molecule has 0 saturated carbocycles. The minimum absolute atomic E-state index is 0.0504. The number of ether oxygens (including phenoxy) is 2. The lowest BCUT2D eigenvalue weighted by Gasteiger charge is -2.24. The number of cyclic esters (lactones) is 1. The van der Waals surface area contributed by atoms with Crippen LogP contribution in [-0.4, -0.2) is 41.0 Å². The Labute approximate surface area is 100 Å². The van der Waals surface area contributed by atoms with Crippen molar-refractivity contribution in [2.24, 2.45) is 0 Å². The van der Waals surface area contributed by atoms with Gasteiger partial charge in [0.2, 0.25) is 0 Å². The molecule has 1 unspecified atom stereocenters. The van der Waals surface area contributed by atoms with E-state index in [0.29, 0.717) is 0 Å². The van der Waals surface area contributed by atoms with Crippen molar-refractivity contribution >= 4 is 12.1 Å². The lowest BCUT2D eigenvalue weighted by Crippen LogP contribution is -2.46. The number of hydrogen-bond acceptors (Lipinski definition) is 5. The van der Waals surface area contributed by atoms with Gasteiger partial charge >= 0.3 is 12.1 Å². The molecule has 0 radical (unpaired) electrons. The third-order valence-corrected chi connectivity index (χ3v) is 2.23. The number of hydrogen-bond donors (Lipinski definition) is 2. The van der Waals surface area contributed by atoms with Crippen molar-refractivity contribution in [2.45, 2.75) is 58.0 Å². The summed E-state index contributed by atoms with van der Waals surface area (Å²) < 4.78 is 9.97. The summed E-state index contributed by atoms with van der Waals surface area (Å²) in [6.07, 6.45) is -2.11. The zero-order valence-corrected chi connectivity index (χ0v) is 10.5. The molecule has 0 spiro atoms. The molecule has 1 amide bonds. The van der Waals surface area contributed by atoms with Crippen LogP contribution < -0.4 is 5.32 Å². The highest BCUT2D eigenvalue weighted by Gasteiger charge is 2.39. The molecule has 3 atom stereocenters. The fourth-order valence-electron chi connectivity index (χ4n) is 1.60. The van der Waals surface area contributed by atoms with Crippen molar-refractivity contribution in [3.05, 3.63) is 0 Å². The van der Waals surface area contributed by atoms with Crippen LogP contribution in [0.25, 0.3) is 0 Å². The Bertz CT molecular complexity index is 307. The first-order chi connectivity index (χ1) is 7.69. The lowest BCUT2D eigenvalue weighted by molar-refractivity contribution is -0.145. The Hall–Kier alpha value is -1.30. The first-order valence-electron chi connectivity index (χ1n) is 5.56. The van der Waals surface area contributed by atoms with E-state index in [2.05, 4.69) is 5.32 Å². The van der Waals surface area contributed by atoms with Crippen LogP contribution in [0.3, 0.4) is 0 Å². The van der Waals surface area contributed by atoms with Gasteiger partial charge in [0.1, 0.15) is 11.7 Å². The Morgan fingerprint density at radius 1 is 1.59 bits per heavy atom. The van der Waals surface area contributed by atoms with Crippen molar-refractivity contribution in [3.63, 3.8) is 0 Å². The number of aliphatic hydroxyl groups excluding tert-OH is 1. The summed E-state index contributed by atoms with van der Waals surface area (Å²) in [4.78, 5) is 22.6. The highest BCUT2D eigenvalue weighted by atomic mass is 16.6. The standard InChI is InChI=1S/C11H19NO5/c1-6(13)9-7(5-8(14)16-9)12-10(15)17-11(2,3)4/h6-7,9,13H,5H2,1-4H3,(H,12,15)/t6?,7-,9+/m0/s1. The third-order valence-electron chi connectivity index (χ3n) is 2.23. The number of nitrogens with one attached hydrogen (secondary N) is 1. The maximum atomic E-state index is 11.5. The normalized spacial score (nSPS) is 26.3. The van der Waals surface area contributed by atoms with Gasteiger partial charge in [0.25, 0.3) is 0 Å². The Morgan fingerprint density at radius 3 is 2.65 bits per heavy atom. The van der Waals surface area contributed by atoms with E-state index >= 15 is 0 Å². The second-order valence-corrected chi connectivity index (χ2v) is 5.15. The molecule has 1 saturated heterocycles. The highest BCUT2D eigenvalue weighted by molar-refractivity contribution is 5.75. The van der Waals surface area contributed by atoms with E-state index in [9.17, 15) is 14.7 Å². The number of amides is 1. The first-order valence-corrected chi connectivity index (χ1v) is 5.56. The molecule has 0 aromatic rings. The first kappa shape index (κ1) is 13.8. The monoisotopic (exact) mass is 245 g/mol. The maximum Gasteiger partial charge on any atom is 0.408 e. The topological polar surface area (TPSA) is 84.9 Å². The summed E-state index contributed by atoms with van der Waals surface area (Å²) in [5, 5.41) is 11.9. The summed E-state index contributed by atoms with van der Waals surface area (Å²) in [7, 11) is 0. The molecule has 0 bridgehead atoms. The van der Waals surface area contributed by atoms with Gasteiger partial charge in [0.15, 0.2) is 0 Å². The van der Waals surface area contributed by atoms with Crippen molar-refractivity contribution in [2.75, 3.05) is 0 Å². The summed E-state index contributed by atoms with van der Waals surface area (Å²) >= 11 is 0. The van der Waals surface area contributed by atoms with Crippen molar-refractivity contribution in [1.29, 1.82) is 0 Å². The van der Waals surface area contributed by atoms with E-state index < -0.39 is 35.9 Å². The van der Waals surface area contributed by atoms with Crippen LogP contribution in [0.2, 0.25) is 0 Å². The molecule has 1 rings (SSSR count). The molecule has 6 heteroatoms. The summed E-state index contributed by atoms with van der Waals surface area (Å²) in [5.41, 5.74) is -0.603. The Balaban J connectivity index is 2.55. The predicted molar refractivity (Wildman–Crippen MR) is 59.3 cm³/mol. The van der Waals surface area contributed by atoms with Crippen molar-refractivity contribution in [3.8, 4) is 0 Å². The van der Waals surface area contributed by atoms with Gasteiger partial charge in [-0.15, -0.1) is 0 Å². The minimum Gasteiger partial charge on any atom is -0.457 e. The maximum absolute atomic E-state index is 11.5.